The van der Waals surface area contributed by atoms with Crippen LogP contribution in [-0.4, -0.2) is 16.3 Å². The molecule has 0 radical (unpaired) electrons. The molecule has 0 atom stereocenters. The Hall–Kier alpha value is -2.55. The summed E-state index contributed by atoms with van der Waals surface area (Å²) in [6.45, 7) is 5.61. The van der Waals surface area contributed by atoms with Gasteiger partial charge < -0.3 is 4.74 Å². The molecule has 0 spiro atoms. The van der Waals surface area contributed by atoms with E-state index < -0.39 is 5.60 Å². The van der Waals surface area contributed by atoms with E-state index in [1.165, 1.54) is 0 Å². The highest BCUT2D eigenvalue weighted by atomic mass is 16.6. The highest BCUT2D eigenvalue weighted by molar-refractivity contribution is 6.00. The van der Waals surface area contributed by atoms with Crippen LogP contribution in [0.2, 0.25) is 0 Å². The van der Waals surface area contributed by atoms with Crippen molar-refractivity contribution >= 4 is 17.0 Å². The Morgan fingerprint density at radius 1 is 0.955 bits per heavy atom. The van der Waals surface area contributed by atoms with E-state index in [1.807, 2.05) is 81.6 Å². The summed E-state index contributed by atoms with van der Waals surface area (Å²) in [4.78, 5) is 12.5. The second-order valence-electron chi connectivity index (χ2n) is 6.28. The molecule has 3 rings (SSSR count). The normalized spacial score (nSPS) is 11.6. The van der Waals surface area contributed by atoms with Crippen molar-refractivity contribution < 1.29 is 9.53 Å². The minimum atomic E-state index is -0.518. The third-order valence-corrected chi connectivity index (χ3v) is 3.39. The highest BCUT2D eigenvalue weighted by Crippen LogP contribution is 2.30. The number of hydrogen-bond acceptors (Lipinski definition) is 2. The molecule has 0 aliphatic rings. The molecular formula is C19H19NO2. The van der Waals surface area contributed by atoms with Crippen LogP contribution in [0.25, 0.3) is 22.0 Å². The summed E-state index contributed by atoms with van der Waals surface area (Å²) in [5.41, 5.74) is 2.45. The van der Waals surface area contributed by atoms with Crippen LogP contribution in [0.15, 0.2) is 60.8 Å². The zero-order valence-electron chi connectivity index (χ0n) is 13.0. The first kappa shape index (κ1) is 14.4. The molecule has 0 saturated heterocycles. The van der Waals surface area contributed by atoms with Gasteiger partial charge in [-0.05, 0) is 32.4 Å². The van der Waals surface area contributed by atoms with Crippen LogP contribution in [-0.2, 0) is 4.74 Å². The highest BCUT2D eigenvalue weighted by Gasteiger charge is 2.20. The number of ether oxygens (including phenoxy) is 1. The summed E-state index contributed by atoms with van der Waals surface area (Å²) in [6, 6.07) is 17.9. The first-order valence-electron chi connectivity index (χ1n) is 7.34. The van der Waals surface area contributed by atoms with Crippen LogP contribution in [0.5, 0.6) is 0 Å². The number of carbonyl (C=O) groups is 1. The van der Waals surface area contributed by atoms with E-state index in [2.05, 4.69) is 0 Å². The molecule has 0 unspecified atom stereocenters. The fourth-order valence-electron chi connectivity index (χ4n) is 2.49. The second-order valence-corrected chi connectivity index (χ2v) is 6.28. The summed E-state index contributed by atoms with van der Waals surface area (Å²) in [5, 5.41) is 1.04. The maximum atomic E-state index is 12.5. The first-order chi connectivity index (χ1) is 10.5. The molecule has 1 heterocycles. The lowest BCUT2D eigenvalue weighted by atomic mass is 10.1. The van der Waals surface area contributed by atoms with Gasteiger partial charge in [0.25, 0.3) is 0 Å². The molecular weight excluding hydrogens is 274 g/mol. The van der Waals surface area contributed by atoms with Crippen LogP contribution >= 0.6 is 0 Å². The Labute approximate surface area is 130 Å². The molecule has 0 bridgehead atoms. The van der Waals surface area contributed by atoms with Crippen LogP contribution in [0.3, 0.4) is 0 Å². The van der Waals surface area contributed by atoms with Crippen molar-refractivity contribution in [2.75, 3.05) is 0 Å². The van der Waals surface area contributed by atoms with Crippen molar-refractivity contribution in [2.24, 2.45) is 0 Å². The van der Waals surface area contributed by atoms with Gasteiger partial charge in [-0.25, -0.2) is 4.79 Å². The van der Waals surface area contributed by atoms with E-state index in [-0.39, 0.29) is 6.09 Å². The Morgan fingerprint density at radius 3 is 2.27 bits per heavy atom. The zero-order chi connectivity index (χ0) is 15.7. The van der Waals surface area contributed by atoms with Crippen molar-refractivity contribution in [1.82, 2.24) is 4.57 Å². The summed E-state index contributed by atoms with van der Waals surface area (Å²) < 4.78 is 7.09. The molecule has 0 aliphatic heterocycles. The van der Waals surface area contributed by atoms with Gasteiger partial charge in [-0.3, -0.25) is 4.57 Å². The van der Waals surface area contributed by atoms with Crippen LogP contribution in [0.1, 0.15) is 20.8 Å². The molecule has 22 heavy (non-hydrogen) atoms. The van der Waals surface area contributed by atoms with Gasteiger partial charge in [0.1, 0.15) is 5.60 Å². The summed E-state index contributed by atoms with van der Waals surface area (Å²) in [7, 11) is 0. The van der Waals surface area contributed by atoms with Crippen LogP contribution < -0.4 is 0 Å². The molecule has 0 fully saturated rings. The van der Waals surface area contributed by atoms with Crippen LogP contribution in [0, 0.1) is 0 Å². The first-order valence-corrected chi connectivity index (χ1v) is 7.34. The Balaban J connectivity index is 2.15. The standard InChI is InChI=1S/C19H19NO2/c1-19(2,3)22-18(21)20-13-16(14-9-5-4-6-10-14)15-11-7-8-12-17(15)20/h4-13H,1-3H3. The minimum absolute atomic E-state index is 0.356. The lowest BCUT2D eigenvalue weighted by Crippen LogP contribution is -2.26. The molecule has 3 nitrogen and oxygen atoms in total. The maximum absolute atomic E-state index is 12.5. The number of aromatic nitrogens is 1. The van der Waals surface area contributed by atoms with Gasteiger partial charge in [0.2, 0.25) is 0 Å². The van der Waals surface area contributed by atoms with Crippen molar-refractivity contribution in [2.45, 2.75) is 26.4 Å². The molecule has 0 amide bonds. The van der Waals surface area contributed by atoms with Gasteiger partial charge in [0.05, 0.1) is 5.52 Å². The number of carbonyl (C=O) groups excluding carboxylic acids is 1. The van der Waals surface area contributed by atoms with Crippen molar-refractivity contribution in [1.29, 1.82) is 0 Å². The van der Waals surface area contributed by atoms with Gasteiger partial charge in [0, 0.05) is 17.1 Å². The molecule has 0 saturated carbocycles. The van der Waals surface area contributed by atoms with E-state index in [0.29, 0.717) is 0 Å². The molecule has 1 aromatic heterocycles. The molecule has 2 aromatic carbocycles. The van der Waals surface area contributed by atoms with E-state index >= 15 is 0 Å². The molecule has 3 aromatic rings. The van der Waals surface area contributed by atoms with Crippen molar-refractivity contribution in [3.8, 4) is 11.1 Å². The monoisotopic (exact) mass is 293 g/mol. The Bertz CT molecular complexity index is 810. The van der Waals surface area contributed by atoms with Crippen molar-refractivity contribution in [3.05, 3.63) is 60.8 Å². The van der Waals surface area contributed by atoms with Gasteiger partial charge in [0.15, 0.2) is 0 Å². The quantitative estimate of drug-likeness (QED) is 0.625. The number of fused-ring (bicyclic) bond motifs is 1. The number of benzene rings is 2. The third-order valence-electron chi connectivity index (χ3n) is 3.39. The lowest BCUT2D eigenvalue weighted by Gasteiger charge is -2.19. The van der Waals surface area contributed by atoms with Gasteiger partial charge in [-0.15, -0.1) is 0 Å². The number of hydrogen-bond donors (Lipinski definition) is 0. The largest absolute Gasteiger partial charge is 0.443 e. The zero-order valence-corrected chi connectivity index (χ0v) is 13.0. The van der Waals surface area contributed by atoms with E-state index in [1.54, 1.807) is 4.57 Å². The smallest absolute Gasteiger partial charge is 0.419 e. The predicted molar refractivity (Wildman–Crippen MR) is 89.0 cm³/mol. The minimum Gasteiger partial charge on any atom is -0.443 e. The molecule has 3 heteroatoms. The second kappa shape index (κ2) is 5.34. The number of rotatable bonds is 1. The summed E-state index contributed by atoms with van der Waals surface area (Å²) in [5.74, 6) is 0. The fourth-order valence-corrected chi connectivity index (χ4v) is 2.49. The van der Waals surface area contributed by atoms with Crippen LogP contribution in [0.4, 0.5) is 4.79 Å². The average Bonchev–Trinajstić information content (AvgIpc) is 2.86. The summed E-state index contributed by atoms with van der Waals surface area (Å²) >= 11 is 0. The Morgan fingerprint density at radius 2 is 1.59 bits per heavy atom. The number of nitrogens with zero attached hydrogens (tertiary/aromatic N) is 1. The SMILES string of the molecule is CC(C)(C)OC(=O)n1cc(-c2ccccc2)c2ccccc21. The summed E-state index contributed by atoms with van der Waals surface area (Å²) in [6.07, 6.45) is 1.50. The Kier molecular flexibility index (Phi) is 3.49. The maximum Gasteiger partial charge on any atom is 0.419 e. The average molecular weight is 293 g/mol. The molecule has 112 valence electrons. The fraction of sp³-hybridized carbons (Fsp3) is 0.211. The van der Waals surface area contributed by atoms with Crippen molar-refractivity contribution in [3.63, 3.8) is 0 Å². The van der Waals surface area contributed by atoms with Gasteiger partial charge in [-0.1, -0.05) is 48.5 Å². The third kappa shape index (κ3) is 2.75. The van der Waals surface area contributed by atoms with E-state index in [4.69, 9.17) is 4.74 Å². The topological polar surface area (TPSA) is 31.2 Å². The lowest BCUT2D eigenvalue weighted by molar-refractivity contribution is 0.0544. The predicted octanol–water partition coefficient (Wildman–Crippen LogP) is 5.09. The number of para-hydroxylation sites is 1. The van der Waals surface area contributed by atoms with E-state index in [0.717, 1.165) is 22.0 Å². The van der Waals surface area contributed by atoms with Gasteiger partial charge in [-0.2, -0.15) is 0 Å². The molecule has 0 N–H and O–H groups in total. The molecule has 0 aliphatic carbocycles. The van der Waals surface area contributed by atoms with Gasteiger partial charge >= 0.3 is 6.09 Å². The van der Waals surface area contributed by atoms with E-state index in [9.17, 15) is 4.79 Å².